The molecule has 1 atom stereocenters. The van der Waals surface area contributed by atoms with Crippen molar-refractivity contribution in [3.63, 3.8) is 0 Å². The number of H-pyrrole nitrogens is 1. The lowest BCUT2D eigenvalue weighted by molar-refractivity contribution is -0.120. The zero-order valence-electron chi connectivity index (χ0n) is 21.5. The Kier molecular flexibility index (Phi) is 9.36. The van der Waals surface area contributed by atoms with E-state index < -0.39 is 6.04 Å². The second-order valence-electron chi connectivity index (χ2n) is 9.40. The van der Waals surface area contributed by atoms with Crippen molar-refractivity contribution in [2.45, 2.75) is 51.5 Å². The number of halogens is 1. The third-order valence-electron chi connectivity index (χ3n) is 6.73. The van der Waals surface area contributed by atoms with E-state index in [1.54, 1.807) is 19.1 Å². The zero-order valence-corrected chi connectivity index (χ0v) is 21.5. The average molecular weight is 494 g/mol. The molecular formula is C28H36FN5O2. The highest BCUT2D eigenvalue weighted by molar-refractivity contribution is 5.94. The van der Waals surface area contributed by atoms with Crippen molar-refractivity contribution in [2.24, 2.45) is 0 Å². The maximum atomic E-state index is 12.6. The second-order valence-corrected chi connectivity index (χ2v) is 9.40. The summed E-state index contributed by atoms with van der Waals surface area (Å²) in [6.07, 6.45) is 3.38. The molecule has 0 saturated carbocycles. The number of aromatic nitrogens is 2. The van der Waals surface area contributed by atoms with Gasteiger partial charge in [-0.05, 0) is 82.1 Å². The van der Waals surface area contributed by atoms with Crippen LogP contribution in [0.5, 0.6) is 0 Å². The van der Waals surface area contributed by atoms with E-state index in [0.717, 1.165) is 49.2 Å². The summed E-state index contributed by atoms with van der Waals surface area (Å²) in [6.45, 7) is 7.54. The molecule has 2 heterocycles. The molecule has 0 spiro atoms. The number of piperidine rings is 1. The van der Waals surface area contributed by atoms with E-state index in [0.29, 0.717) is 12.2 Å². The Morgan fingerprint density at radius 1 is 1.19 bits per heavy atom. The lowest BCUT2D eigenvalue weighted by Crippen LogP contribution is -2.41. The Hall–Kier alpha value is -3.52. The van der Waals surface area contributed by atoms with Gasteiger partial charge in [0.05, 0.1) is 0 Å². The number of nitrogens with zero attached hydrogens (tertiary/aromatic N) is 2. The van der Waals surface area contributed by atoms with Crippen LogP contribution >= 0.6 is 0 Å². The molecule has 2 amide bonds. The minimum Gasteiger partial charge on any atom is -0.347 e. The van der Waals surface area contributed by atoms with E-state index in [4.69, 9.17) is 0 Å². The van der Waals surface area contributed by atoms with Gasteiger partial charge in [0.15, 0.2) is 5.82 Å². The van der Waals surface area contributed by atoms with E-state index in [2.05, 4.69) is 57.0 Å². The highest BCUT2D eigenvalue weighted by Gasteiger charge is 2.38. The third-order valence-corrected chi connectivity index (χ3v) is 6.73. The second kappa shape index (κ2) is 12.4. The Morgan fingerprint density at radius 3 is 2.50 bits per heavy atom. The Morgan fingerprint density at radius 2 is 1.89 bits per heavy atom. The number of aryl methyl sites for hydroxylation is 2. The lowest BCUT2D eigenvalue weighted by atomic mass is 9.70. The highest BCUT2D eigenvalue weighted by atomic mass is 19.1. The summed E-state index contributed by atoms with van der Waals surface area (Å²) in [6, 6.07) is 16.9. The van der Waals surface area contributed by atoms with Gasteiger partial charge in [0, 0.05) is 17.2 Å². The number of carbonyl (C=O) groups is 2. The molecule has 1 aliphatic rings. The summed E-state index contributed by atoms with van der Waals surface area (Å²) >= 11 is 0. The summed E-state index contributed by atoms with van der Waals surface area (Å²) in [4.78, 5) is 24.9. The van der Waals surface area contributed by atoms with Gasteiger partial charge in [0.2, 0.25) is 12.3 Å². The van der Waals surface area contributed by atoms with Gasteiger partial charge >= 0.3 is 0 Å². The largest absolute Gasteiger partial charge is 0.347 e. The molecule has 8 heteroatoms. The molecule has 1 aromatic heterocycles. The van der Waals surface area contributed by atoms with Crippen molar-refractivity contribution >= 4 is 18.1 Å². The quantitative estimate of drug-likeness (QED) is 0.431. The van der Waals surface area contributed by atoms with Gasteiger partial charge in [-0.1, -0.05) is 43.3 Å². The van der Waals surface area contributed by atoms with Gasteiger partial charge in [-0.25, -0.2) is 4.39 Å². The van der Waals surface area contributed by atoms with E-state index >= 15 is 0 Å². The molecule has 2 aromatic carbocycles. The van der Waals surface area contributed by atoms with Crippen molar-refractivity contribution in [1.82, 2.24) is 20.4 Å². The SMILES string of the molecule is CCc1cc(C)cc(F)c1.C[C@H](NC=O)C(=O)Nc1cc(C2(c3ccccc3)CCN(C)CC2)[nH]n1. The maximum Gasteiger partial charge on any atom is 0.247 e. The summed E-state index contributed by atoms with van der Waals surface area (Å²) in [5.41, 5.74) is 4.18. The molecule has 0 aliphatic carbocycles. The molecular weight excluding hydrogens is 457 g/mol. The van der Waals surface area contributed by atoms with Gasteiger partial charge < -0.3 is 15.5 Å². The van der Waals surface area contributed by atoms with Crippen LogP contribution < -0.4 is 10.6 Å². The predicted molar refractivity (Wildman–Crippen MR) is 140 cm³/mol. The van der Waals surface area contributed by atoms with Crippen LogP contribution in [0.3, 0.4) is 0 Å². The van der Waals surface area contributed by atoms with Crippen LogP contribution in [0.15, 0.2) is 54.6 Å². The van der Waals surface area contributed by atoms with Crippen LogP contribution in [0.25, 0.3) is 0 Å². The first kappa shape index (κ1) is 27.1. The molecule has 3 N–H and O–H groups in total. The monoisotopic (exact) mass is 493 g/mol. The summed E-state index contributed by atoms with van der Waals surface area (Å²) in [7, 11) is 2.13. The van der Waals surface area contributed by atoms with Gasteiger partial charge in [0.25, 0.3) is 0 Å². The topological polar surface area (TPSA) is 90.1 Å². The Labute approximate surface area is 212 Å². The minimum atomic E-state index is -0.612. The highest BCUT2D eigenvalue weighted by Crippen LogP contribution is 2.41. The number of rotatable bonds is 7. The van der Waals surface area contributed by atoms with Crippen LogP contribution in [0.2, 0.25) is 0 Å². The fourth-order valence-electron chi connectivity index (χ4n) is 4.53. The predicted octanol–water partition coefficient (Wildman–Crippen LogP) is 4.19. The fourth-order valence-corrected chi connectivity index (χ4v) is 4.53. The first-order valence-electron chi connectivity index (χ1n) is 12.3. The van der Waals surface area contributed by atoms with Crippen LogP contribution in [0.4, 0.5) is 10.2 Å². The van der Waals surface area contributed by atoms with E-state index in [1.807, 2.05) is 32.0 Å². The van der Waals surface area contributed by atoms with Crippen molar-refractivity contribution in [2.75, 3.05) is 25.5 Å². The number of benzene rings is 2. The molecule has 4 rings (SSSR count). The number of nitrogens with one attached hydrogen (secondary N) is 3. The smallest absolute Gasteiger partial charge is 0.247 e. The number of aromatic amines is 1. The van der Waals surface area contributed by atoms with Crippen molar-refractivity contribution in [3.8, 4) is 0 Å². The molecule has 1 fully saturated rings. The summed E-state index contributed by atoms with van der Waals surface area (Å²) in [5.74, 6) is 0.0444. The van der Waals surface area contributed by atoms with Gasteiger partial charge in [-0.3, -0.25) is 14.7 Å². The molecule has 0 bridgehead atoms. The Balaban J connectivity index is 0.000000303. The van der Waals surface area contributed by atoms with Crippen LogP contribution in [-0.4, -0.2) is 53.6 Å². The molecule has 0 radical (unpaired) electrons. The zero-order chi connectivity index (χ0) is 26.1. The van der Waals surface area contributed by atoms with E-state index in [-0.39, 0.29) is 17.1 Å². The number of amides is 2. The minimum absolute atomic E-state index is 0.128. The molecule has 3 aromatic rings. The van der Waals surface area contributed by atoms with E-state index in [9.17, 15) is 14.0 Å². The van der Waals surface area contributed by atoms with Crippen LogP contribution in [0, 0.1) is 12.7 Å². The van der Waals surface area contributed by atoms with Gasteiger partial charge in [0.1, 0.15) is 11.9 Å². The number of carbonyl (C=O) groups excluding carboxylic acids is 2. The number of hydrogen-bond donors (Lipinski definition) is 3. The molecule has 1 saturated heterocycles. The lowest BCUT2D eigenvalue weighted by Gasteiger charge is -2.40. The molecule has 36 heavy (non-hydrogen) atoms. The van der Waals surface area contributed by atoms with Crippen molar-refractivity contribution in [1.29, 1.82) is 0 Å². The van der Waals surface area contributed by atoms with Crippen LogP contribution in [0.1, 0.15) is 49.1 Å². The number of hydrogen-bond acceptors (Lipinski definition) is 4. The average Bonchev–Trinajstić information content (AvgIpc) is 3.34. The number of anilines is 1. The normalized spacial score (nSPS) is 15.8. The first-order valence-corrected chi connectivity index (χ1v) is 12.3. The third kappa shape index (κ3) is 6.79. The van der Waals surface area contributed by atoms with E-state index in [1.165, 1.54) is 5.56 Å². The first-order chi connectivity index (χ1) is 17.3. The maximum absolute atomic E-state index is 12.6. The summed E-state index contributed by atoms with van der Waals surface area (Å²) in [5, 5.41) is 12.6. The van der Waals surface area contributed by atoms with Gasteiger partial charge in [-0.15, -0.1) is 0 Å². The molecule has 0 unspecified atom stereocenters. The molecule has 7 nitrogen and oxygen atoms in total. The standard InChI is InChI=1S/C19H25N5O2.C9H11F/c1-14(20-13-25)18(26)21-17-12-16(22-23-17)19(8-10-24(2)11-9-19)15-6-4-3-5-7-15;1-3-8-4-7(2)5-9(10)6-8/h3-7,12-14H,8-11H2,1-2H3,(H,20,25)(H2,21,22,23,26);4-6H,3H2,1-2H3/t14-;/m0./s1. The van der Waals surface area contributed by atoms with Gasteiger partial charge in [-0.2, -0.15) is 5.10 Å². The molecule has 192 valence electrons. The van der Waals surface area contributed by atoms with Crippen molar-refractivity contribution < 1.29 is 14.0 Å². The Bertz CT molecular complexity index is 1120. The van der Waals surface area contributed by atoms with Crippen molar-refractivity contribution in [3.05, 3.63) is 82.8 Å². The van der Waals surface area contributed by atoms with Crippen LogP contribution in [-0.2, 0) is 21.4 Å². The molecule has 1 aliphatic heterocycles. The number of likely N-dealkylation sites (tertiary alicyclic amines) is 1. The summed E-state index contributed by atoms with van der Waals surface area (Å²) < 4.78 is 12.6. The fraction of sp³-hybridized carbons (Fsp3) is 0.393.